The van der Waals surface area contributed by atoms with Crippen molar-refractivity contribution in [2.45, 2.75) is 89.8 Å². The van der Waals surface area contributed by atoms with Gasteiger partial charge in [0.1, 0.15) is 29.9 Å². The highest BCUT2D eigenvalue weighted by Crippen LogP contribution is 2.51. The Kier molecular flexibility index (Phi) is 16.6. The van der Waals surface area contributed by atoms with Gasteiger partial charge in [0.25, 0.3) is 0 Å². The zero-order valence-corrected chi connectivity index (χ0v) is 48.4. The summed E-state index contributed by atoms with van der Waals surface area (Å²) in [6, 6.07) is 32.2. The number of nitrogens with one attached hydrogen (secondary N) is 5. The number of nitrogens with two attached hydrogens (primary N) is 1. The van der Waals surface area contributed by atoms with E-state index in [1.165, 1.54) is 37.1 Å². The van der Waals surface area contributed by atoms with Crippen LogP contribution in [0.4, 0.5) is 62.5 Å². The van der Waals surface area contributed by atoms with E-state index in [1.54, 1.807) is 39.1 Å². The van der Waals surface area contributed by atoms with Crippen LogP contribution in [0, 0.1) is 10.8 Å². The summed E-state index contributed by atoms with van der Waals surface area (Å²) < 4.78 is 30.9. The Morgan fingerprint density at radius 3 is 1.38 bits per heavy atom. The summed E-state index contributed by atoms with van der Waals surface area (Å²) in [6.07, 6.45) is 11.9. The average Bonchev–Trinajstić information content (AvgIpc) is 3.40. The molecule has 16 nitrogen and oxygen atoms in total. The number of para-hydroxylation sites is 2. The van der Waals surface area contributed by atoms with Gasteiger partial charge in [0.05, 0.1) is 23.8 Å². The quantitative estimate of drug-likeness (QED) is 0.0595. The number of carbonyl (C=O) groups is 1. The zero-order chi connectivity index (χ0) is 54.8. The minimum atomic E-state index is -2.50. The molecule has 6 aromatic rings. The van der Waals surface area contributed by atoms with Crippen LogP contribution in [0.1, 0.15) is 72.1 Å². The summed E-state index contributed by atoms with van der Waals surface area (Å²) in [6.45, 7) is 16.8. The van der Waals surface area contributed by atoms with Crippen LogP contribution in [0.2, 0.25) is 10.0 Å². The molecule has 7 N–H and O–H groups in total. The van der Waals surface area contributed by atoms with Crippen LogP contribution >= 0.6 is 37.5 Å². The van der Waals surface area contributed by atoms with E-state index in [0.717, 1.165) is 79.5 Å². The number of alkyl carbamates (subject to hydrolysis) is 1. The van der Waals surface area contributed by atoms with Crippen LogP contribution in [-0.4, -0.2) is 96.6 Å². The molecular weight excluding hydrogens is 1050 g/mol. The molecule has 2 saturated carbocycles. The van der Waals surface area contributed by atoms with Gasteiger partial charge in [-0.15, -0.1) is 0 Å². The number of amides is 1. The number of benzene rings is 4. The third-order valence-corrected chi connectivity index (χ3v) is 18.7. The first kappa shape index (κ1) is 55.9. The molecule has 4 aromatic carbocycles. The molecule has 2 spiro atoms. The van der Waals surface area contributed by atoms with Gasteiger partial charge in [0, 0.05) is 71.6 Å². The molecule has 20 heteroatoms. The summed E-state index contributed by atoms with van der Waals surface area (Å²) in [4.78, 5) is 34.8. The van der Waals surface area contributed by atoms with Crippen LogP contribution in [0.3, 0.4) is 0 Å². The fourth-order valence-electron chi connectivity index (χ4n) is 11.1. The lowest BCUT2D eigenvalue weighted by atomic mass is 9.60. The summed E-state index contributed by atoms with van der Waals surface area (Å²) in [5, 5.41) is 18.3. The number of anilines is 10. The molecule has 0 unspecified atom stereocenters. The van der Waals surface area contributed by atoms with E-state index in [0.29, 0.717) is 56.1 Å². The van der Waals surface area contributed by atoms with Gasteiger partial charge in [0.2, 0.25) is 11.9 Å². The molecular formula is C57H72Cl2N12O4P2. The van der Waals surface area contributed by atoms with Gasteiger partial charge < -0.3 is 56.0 Å². The van der Waals surface area contributed by atoms with E-state index in [2.05, 4.69) is 80.6 Å². The molecule has 4 aliphatic rings. The van der Waals surface area contributed by atoms with E-state index >= 15 is 0 Å². The minimum absolute atomic E-state index is 0.206. The molecule has 0 atom stereocenters. The van der Waals surface area contributed by atoms with E-state index in [4.69, 9.17) is 33.7 Å². The minimum Gasteiger partial charge on any atom is -0.444 e. The Morgan fingerprint density at radius 1 is 0.610 bits per heavy atom. The number of piperidine rings is 2. The maximum absolute atomic E-state index is 12.8. The highest BCUT2D eigenvalue weighted by atomic mass is 35.5. The number of hydrogen-bond acceptors (Lipinski definition) is 15. The number of ether oxygens (including phenoxy) is 1. The van der Waals surface area contributed by atoms with E-state index in [1.807, 2.05) is 93.6 Å². The van der Waals surface area contributed by atoms with Crippen molar-refractivity contribution in [2.75, 3.05) is 83.9 Å². The normalized spacial score (nSPS) is 17.3. The molecule has 2 saturated heterocycles. The number of rotatable bonds is 13. The highest BCUT2D eigenvalue weighted by Gasteiger charge is 2.47. The van der Waals surface area contributed by atoms with E-state index in [-0.39, 0.29) is 12.1 Å². The Bertz CT molecular complexity index is 3140. The second kappa shape index (κ2) is 22.8. The van der Waals surface area contributed by atoms with Crippen LogP contribution in [-0.2, 0) is 13.9 Å². The first-order valence-electron chi connectivity index (χ1n) is 26.4. The summed E-state index contributed by atoms with van der Waals surface area (Å²) in [5.74, 6) is 1.73. The molecule has 2 aromatic heterocycles. The van der Waals surface area contributed by atoms with Crippen molar-refractivity contribution in [3.8, 4) is 0 Å². The SMILES string of the molecule is CC(C)(C)OC(=O)NC1CC2(CCN(c3ccc(Nc4ncc(Cl)c(Nc5ccccc5P(C)(C)=O)n4)cc3)CC2)C1.CP(C)(=O)c1ccccc1Nc1nc(Nc2ccc(N3CCC4(CC3)CC(N)C4)cc2)ncc1Cl. The zero-order valence-electron chi connectivity index (χ0n) is 45.1. The Morgan fingerprint density at radius 2 is 1.00 bits per heavy atom. The second-order valence-electron chi connectivity index (χ2n) is 23.0. The van der Waals surface area contributed by atoms with Gasteiger partial charge in [0.15, 0.2) is 11.6 Å². The lowest BCUT2D eigenvalue weighted by Gasteiger charge is -2.52. The van der Waals surface area contributed by atoms with Gasteiger partial charge in [-0.1, -0.05) is 47.5 Å². The molecule has 10 rings (SSSR count). The molecule has 2 aliphatic carbocycles. The molecule has 408 valence electrons. The van der Waals surface area contributed by atoms with Crippen LogP contribution < -0.4 is 52.7 Å². The van der Waals surface area contributed by atoms with E-state index in [9.17, 15) is 13.9 Å². The topological polar surface area (TPSA) is 205 Å². The van der Waals surface area contributed by atoms with Crippen molar-refractivity contribution in [1.82, 2.24) is 25.3 Å². The molecule has 77 heavy (non-hydrogen) atoms. The van der Waals surface area contributed by atoms with Crippen molar-refractivity contribution in [2.24, 2.45) is 16.6 Å². The lowest BCUT2D eigenvalue weighted by molar-refractivity contribution is 0.0234. The van der Waals surface area contributed by atoms with Gasteiger partial charge >= 0.3 is 6.09 Å². The maximum atomic E-state index is 12.8. The number of carbonyl (C=O) groups excluding carboxylic acids is 1. The Labute approximate surface area is 463 Å². The third-order valence-electron chi connectivity index (χ3n) is 15.1. The van der Waals surface area contributed by atoms with Crippen LogP contribution in [0.25, 0.3) is 0 Å². The third kappa shape index (κ3) is 14.2. The maximum Gasteiger partial charge on any atom is 0.407 e. The van der Waals surface area contributed by atoms with Crippen LogP contribution in [0.5, 0.6) is 0 Å². The van der Waals surface area contributed by atoms with Gasteiger partial charge in [-0.2, -0.15) is 9.97 Å². The predicted octanol–water partition coefficient (Wildman–Crippen LogP) is 12.7. The van der Waals surface area contributed by atoms with Crippen molar-refractivity contribution < 1.29 is 18.7 Å². The van der Waals surface area contributed by atoms with Crippen molar-refractivity contribution >= 4 is 112 Å². The summed E-state index contributed by atoms with van der Waals surface area (Å²) in [5.41, 5.74) is 12.0. The standard InChI is InChI=1S/C31H40ClN6O3P.C26H32ClN6OP/c1-30(2,3)41-29(39)35-22-18-31(19-22)14-16-38(17-15-31)23-12-10-21(11-13-23)34-28-33-20-24(32)27(37-28)36-25-8-6-7-9-26(25)42(4,5)40;1-35(2,34)23-6-4-3-5-22(23)31-24-21(27)17-29-25(32-24)30-19-7-9-20(10-8-19)33-13-11-26(12-14-33)15-18(28)16-26/h6-13,20,22H,14-19H2,1-5H3,(H,35,39)(H2,33,34,36,37);3-10,17-18H,11-16,28H2,1-2H3,(H2,29,30,31,32). The summed E-state index contributed by atoms with van der Waals surface area (Å²) in [7, 11) is -4.97. The smallest absolute Gasteiger partial charge is 0.407 e. The predicted molar refractivity (Wildman–Crippen MR) is 319 cm³/mol. The Hall–Kier alpha value is -5.89. The van der Waals surface area contributed by atoms with Crippen molar-refractivity contribution in [1.29, 1.82) is 0 Å². The molecule has 4 fully saturated rings. The summed E-state index contributed by atoms with van der Waals surface area (Å²) >= 11 is 12.8. The van der Waals surface area contributed by atoms with Gasteiger partial charge in [-0.25, -0.2) is 14.8 Å². The molecule has 0 bridgehead atoms. The number of aromatic nitrogens is 4. The van der Waals surface area contributed by atoms with Crippen LogP contribution in [0.15, 0.2) is 109 Å². The second-order valence-corrected chi connectivity index (χ2v) is 30.2. The molecule has 1 amide bonds. The average molecular weight is 1120 g/mol. The lowest BCUT2D eigenvalue weighted by Crippen LogP contribution is -2.55. The fraction of sp³-hybridized carbons (Fsp3) is 0.421. The van der Waals surface area contributed by atoms with Crippen molar-refractivity contribution in [3.63, 3.8) is 0 Å². The highest BCUT2D eigenvalue weighted by molar-refractivity contribution is 7.70. The largest absolute Gasteiger partial charge is 0.444 e. The molecule has 0 radical (unpaired) electrons. The number of nitrogens with zero attached hydrogens (tertiary/aromatic N) is 6. The monoisotopic (exact) mass is 1120 g/mol. The van der Waals surface area contributed by atoms with E-state index < -0.39 is 19.9 Å². The molecule has 4 heterocycles. The van der Waals surface area contributed by atoms with Gasteiger partial charge in [-0.3, -0.25) is 0 Å². The first-order valence-corrected chi connectivity index (χ1v) is 32.3. The van der Waals surface area contributed by atoms with Crippen molar-refractivity contribution in [3.05, 3.63) is 120 Å². The first-order chi connectivity index (χ1) is 36.5. The number of hydrogen-bond donors (Lipinski definition) is 6. The fourth-order valence-corrected chi connectivity index (χ4v) is 13.6. The van der Waals surface area contributed by atoms with Gasteiger partial charge in [-0.05, 0) is 182 Å². The number of halogens is 2. The Balaban J connectivity index is 0.000000191. The molecule has 2 aliphatic heterocycles.